The standard InChI is InChI=1S/C14H15NO/c1-11-7-8-12(9-14(11)15)10-16-13-5-3-2-4-6-13/h2-9H,10,15H2,1H3. The van der Waals surface area contributed by atoms with Gasteiger partial charge >= 0.3 is 0 Å². The number of nitrogens with two attached hydrogens (primary N) is 1. The van der Waals surface area contributed by atoms with Gasteiger partial charge in [-0.2, -0.15) is 0 Å². The smallest absolute Gasteiger partial charge is 0.119 e. The van der Waals surface area contributed by atoms with Crippen LogP contribution in [0.3, 0.4) is 0 Å². The van der Waals surface area contributed by atoms with Crippen molar-refractivity contribution < 1.29 is 4.74 Å². The molecule has 2 aromatic carbocycles. The molecule has 0 unspecified atom stereocenters. The van der Waals surface area contributed by atoms with Gasteiger partial charge < -0.3 is 10.5 Å². The maximum absolute atomic E-state index is 5.83. The summed E-state index contributed by atoms with van der Waals surface area (Å²) in [7, 11) is 0. The Morgan fingerprint density at radius 1 is 1.06 bits per heavy atom. The van der Waals surface area contributed by atoms with E-state index < -0.39 is 0 Å². The third kappa shape index (κ3) is 2.54. The van der Waals surface area contributed by atoms with Crippen LogP contribution in [-0.2, 0) is 6.61 Å². The van der Waals surface area contributed by atoms with Crippen molar-refractivity contribution in [3.05, 3.63) is 59.7 Å². The molecular weight excluding hydrogens is 198 g/mol. The first-order valence-electron chi connectivity index (χ1n) is 5.28. The van der Waals surface area contributed by atoms with Gasteiger partial charge in [-0.3, -0.25) is 0 Å². The summed E-state index contributed by atoms with van der Waals surface area (Å²) in [6.07, 6.45) is 0. The van der Waals surface area contributed by atoms with Gasteiger partial charge in [0.1, 0.15) is 12.4 Å². The van der Waals surface area contributed by atoms with Crippen molar-refractivity contribution in [3.63, 3.8) is 0 Å². The topological polar surface area (TPSA) is 35.2 Å². The molecule has 0 aromatic heterocycles. The van der Waals surface area contributed by atoms with Crippen LogP contribution < -0.4 is 10.5 Å². The van der Waals surface area contributed by atoms with E-state index in [1.165, 1.54) is 0 Å². The minimum atomic E-state index is 0.550. The fraction of sp³-hybridized carbons (Fsp3) is 0.143. The fourth-order valence-electron chi connectivity index (χ4n) is 1.46. The van der Waals surface area contributed by atoms with Gasteiger partial charge in [0.25, 0.3) is 0 Å². The van der Waals surface area contributed by atoms with Gasteiger partial charge in [-0.05, 0) is 36.2 Å². The Labute approximate surface area is 95.7 Å². The van der Waals surface area contributed by atoms with Crippen LogP contribution in [0.25, 0.3) is 0 Å². The number of aryl methyl sites for hydroxylation is 1. The summed E-state index contributed by atoms with van der Waals surface area (Å²) in [6, 6.07) is 15.8. The molecule has 0 atom stereocenters. The van der Waals surface area contributed by atoms with Crippen LogP contribution in [0.15, 0.2) is 48.5 Å². The van der Waals surface area contributed by atoms with Crippen molar-refractivity contribution in [2.45, 2.75) is 13.5 Å². The second-order valence-electron chi connectivity index (χ2n) is 3.79. The molecule has 2 N–H and O–H groups in total. The van der Waals surface area contributed by atoms with Gasteiger partial charge in [-0.15, -0.1) is 0 Å². The summed E-state index contributed by atoms with van der Waals surface area (Å²) < 4.78 is 5.63. The number of nitrogen functional groups attached to an aromatic ring is 1. The molecule has 2 aromatic rings. The minimum Gasteiger partial charge on any atom is -0.489 e. The maximum Gasteiger partial charge on any atom is 0.119 e. The second kappa shape index (κ2) is 4.71. The van der Waals surface area contributed by atoms with Crippen molar-refractivity contribution >= 4 is 5.69 Å². The predicted molar refractivity (Wildman–Crippen MR) is 66.4 cm³/mol. The van der Waals surface area contributed by atoms with E-state index >= 15 is 0 Å². The lowest BCUT2D eigenvalue weighted by Gasteiger charge is -2.07. The first-order chi connectivity index (χ1) is 7.75. The van der Waals surface area contributed by atoms with E-state index in [1.54, 1.807) is 0 Å². The van der Waals surface area contributed by atoms with Crippen LogP contribution in [0.4, 0.5) is 5.69 Å². The zero-order chi connectivity index (χ0) is 11.4. The first-order valence-corrected chi connectivity index (χ1v) is 5.28. The average Bonchev–Trinajstić information content (AvgIpc) is 2.32. The van der Waals surface area contributed by atoms with Gasteiger partial charge in [-0.25, -0.2) is 0 Å². The largest absolute Gasteiger partial charge is 0.489 e. The van der Waals surface area contributed by atoms with Crippen LogP contribution >= 0.6 is 0 Å². The van der Waals surface area contributed by atoms with Crippen molar-refractivity contribution in [1.82, 2.24) is 0 Å². The molecular formula is C14H15NO. The fourth-order valence-corrected chi connectivity index (χ4v) is 1.46. The van der Waals surface area contributed by atoms with E-state index in [2.05, 4.69) is 0 Å². The van der Waals surface area contributed by atoms with Crippen molar-refractivity contribution in [2.24, 2.45) is 0 Å². The Hall–Kier alpha value is -1.96. The summed E-state index contributed by atoms with van der Waals surface area (Å²) >= 11 is 0. The van der Waals surface area contributed by atoms with Gasteiger partial charge in [0.05, 0.1) is 0 Å². The van der Waals surface area contributed by atoms with Crippen molar-refractivity contribution in [3.8, 4) is 5.75 Å². The summed E-state index contributed by atoms with van der Waals surface area (Å²) in [6.45, 7) is 2.55. The van der Waals surface area contributed by atoms with Crippen molar-refractivity contribution in [2.75, 3.05) is 5.73 Å². The Balaban J connectivity index is 2.03. The van der Waals surface area contributed by atoms with Gasteiger partial charge in [-0.1, -0.05) is 30.3 Å². The highest BCUT2D eigenvalue weighted by atomic mass is 16.5. The molecule has 0 saturated heterocycles. The number of anilines is 1. The van der Waals surface area contributed by atoms with Crippen LogP contribution in [0.1, 0.15) is 11.1 Å². The summed E-state index contributed by atoms with van der Waals surface area (Å²) in [5.41, 5.74) is 8.84. The number of ether oxygens (including phenoxy) is 1. The van der Waals surface area contributed by atoms with E-state index in [9.17, 15) is 0 Å². The lowest BCUT2D eigenvalue weighted by atomic mass is 10.1. The minimum absolute atomic E-state index is 0.550. The third-order valence-electron chi connectivity index (χ3n) is 2.49. The molecule has 0 fully saturated rings. The van der Waals surface area contributed by atoms with Crippen LogP contribution in [-0.4, -0.2) is 0 Å². The van der Waals surface area contributed by atoms with Gasteiger partial charge in [0.2, 0.25) is 0 Å². The molecule has 0 heterocycles. The number of benzene rings is 2. The molecule has 16 heavy (non-hydrogen) atoms. The molecule has 2 rings (SSSR count). The highest BCUT2D eigenvalue weighted by Crippen LogP contribution is 2.15. The zero-order valence-corrected chi connectivity index (χ0v) is 9.31. The quantitative estimate of drug-likeness (QED) is 0.795. The van der Waals surface area contributed by atoms with Gasteiger partial charge in [0.15, 0.2) is 0 Å². The normalized spacial score (nSPS) is 10.1. The second-order valence-corrected chi connectivity index (χ2v) is 3.79. The van der Waals surface area contributed by atoms with Crippen LogP contribution in [0.2, 0.25) is 0 Å². The van der Waals surface area contributed by atoms with E-state index in [-0.39, 0.29) is 0 Å². The molecule has 0 spiro atoms. The molecule has 0 bridgehead atoms. The molecule has 2 nitrogen and oxygen atoms in total. The summed E-state index contributed by atoms with van der Waals surface area (Å²) in [5, 5.41) is 0. The van der Waals surface area contributed by atoms with Crippen LogP contribution in [0.5, 0.6) is 5.75 Å². The molecule has 2 heteroatoms. The number of hydrogen-bond acceptors (Lipinski definition) is 2. The Morgan fingerprint density at radius 3 is 2.50 bits per heavy atom. The van der Waals surface area contributed by atoms with Crippen molar-refractivity contribution in [1.29, 1.82) is 0 Å². The lowest BCUT2D eigenvalue weighted by molar-refractivity contribution is 0.306. The van der Waals surface area contributed by atoms with E-state index in [4.69, 9.17) is 10.5 Å². The number of hydrogen-bond donors (Lipinski definition) is 1. The third-order valence-corrected chi connectivity index (χ3v) is 2.49. The molecule has 0 aliphatic heterocycles. The van der Waals surface area contributed by atoms with E-state index in [1.807, 2.05) is 55.5 Å². The Morgan fingerprint density at radius 2 is 1.81 bits per heavy atom. The van der Waals surface area contributed by atoms with Gasteiger partial charge in [0, 0.05) is 5.69 Å². The van der Waals surface area contributed by atoms with Crippen LogP contribution in [0, 0.1) is 6.92 Å². The molecule has 0 aliphatic rings. The lowest BCUT2D eigenvalue weighted by Crippen LogP contribution is -1.97. The highest BCUT2D eigenvalue weighted by molar-refractivity contribution is 5.48. The summed E-state index contributed by atoms with van der Waals surface area (Å²) in [4.78, 5) is 0. The van der Waals surface area contributed by atoms with E-state index in [0.717, 1.165) is 22.6 Å². The zero-order valence-electron chi connectivity index (χ0n) is 9.31. The van der Waals surface area contributed by atoms with E-state index in [0.29, 0.717) is 6.61 Å². The molecule has 82 valence electrons. The highest BCUT2D eigenvalue weighted by Gasteiger charge is 1.98. The maximum atomic E-state index is 5.83. The molecule has 0 aliphatic carbocycles. The predicted octanol–water partition coefficient (Wildman–Crippen LogP) is 3.16. The molecule has 0 saturated carbocycles. The number of para-hydroxylation sites is 1. The summed E-state index contributed by atoms with van der Waals surface area (Å²) in [5.74, 6) is 0.877. The Kier molecular flexibility index (Phi) is 3.10. The Bertz CT molecular complexity index is 465. The monoisotopic (exact) mass is 213 g/mol. The SMILES string of the molecule is Cc1ccc(COc2ccccc2)cc1N. The molecule has 0 amide bonds. The first kappa shape index (κ1) is 10.6. The number of rotatable bonds is 3. The molecule has 0 radical (unpaired) electrons. The average molecular weight is 213 g/mol.